The van der Waals surface area contributed by atoms with Gasteiger partial charge in [0.25, 0.3) is 0 Å². The van der Waals surface area contributed by atoms with Gasteiger partial charge in [0, 0.05) is 51.8 Å². The van der Waals surface area contributed by atoms with E-state index in [2.05, 4.69) is 20.5 Å². The molecule has 13 atom stereocenters. The SMILES string of the molecule is C.C.C.C.C.CC[C@H]1OC(=O)[C@H](C)C(=O)[C@@H](C)[C@@H](O[C@@H]2OC(C)CC(N(C)C)C2O)[C@](C)(OC)C[C@@H](C)CN(C(C)=O)[C@H](C)[C@H]2N(CCCCn3cc(-c4cccnn4)nn3)C(=O)O[C@]12C. The number of Topliss-reactive ketones (excluding diaryl/α,β-unsaturated/α-hetero) is 1. The zero-order valence-electron chi connectivity index (χ0n) is 38.0. The Morgan fingerprint density at radius 2 is 1.64 bits per heavy atom. The van der Waals surface area contributed by atoms with Crippen LogP contribution in [0.4, 0.5) is 4.79 Å². The van der Waals surface area contributed by atoms with Crippen LogP contribution in [0.5, 0.6) is 0 Å². The van der Waals surface area contributed by atoms with Gasteiger partial charge in [-0.1, -0.05) is 63.1 Å². The summed E-state index contributed by atoms with van der Waals surface area (Å²) in [6.45, 7) is 17.0. The number of hydrogen-bond donors (Lipinski definition) is 1. The van der Waals surface area contributed by atoms with Gasteiger partial charge >= 0.3 is 12.1 Å². The maximum absolute atomic E-state index is 14.5. The lowest BCUT2D eigenvalue weighted by Crippen LogP contribution is -2.62. The molecule has 66 heavy (non-hydrogen) atoms. The van der Waals surface area contributed by atoms with Crippen molar-refractivity contribution >= 4 is 23.8 Å². The highest BCUT2D eigenvalue weighted by Crippen LogP contribution is 2.41. The second-order valence-electron chi connectivity index (χ2n) is 18.0. The van der Waals surface area contributed by atoms with Crippen molar-refractivity contribution in [1.29, 1.82) is 0 Å². The number of likely N-dealkylation sites (N-methyl/N-ethyl adjacent to an activating group) is 1. The van der Waals surface area contributed by atoms with Crippen molar-refractivity contribution in [3.63, 3.8) is 0 Å². The summed E-state index contributed by atoms with van der Waals surface area (Å²) >= 11 is 0. The molecule has 3 saturated heterocycles. The molecular weight excluding hydrogens is 849 g/mol. The Morgan fingerprint density at radius 3 is 2.21 bits per heavy atom. The number of rotatable bonds is 11. The van der Waals surface area contributed by atoms with Crippen molar-refractivity contribution in [1.82, 2.24) is 39.9 Å². The molecule has 1 N–H and O–H groups in total. The molecule has 0 spiro atoms. The summed E-state index contributed by atoms with van der Waals surface area (Å²) in [6, 6.07) is 1.97. The van der Waals surface area contributed by atoms with Crippen LogP contribution in [0.1, 0.15) is 132 Å². The van der Waals surface area contributed by atoms with Gasteiger partial charge < -0.3 is 38.6 Å². The molecule has 380 valence electrons. The monoisotopic (exact) mass is 937 g/mol. The fourth-order valence-corrected chi connectivity index (χ4v) is 9.73. The Hall–Kier alpha value is -4.10. The highest BCUT2D eigenvalue weighted by molar-refractivity contribution is 6.00. The van der Waals surface area contributed by atoms with Crippen LogP contribution >= 0.6 is 0 Å². The van der Waals surface area contributed by atoms with Crippen LogP contribution in [0, 0.1) is 17.8 Å². The number of ether oxygens (including phenoxy) is 5. The van der Waals surface area contributed by atoms with Gasteiger partial charge in [-0.2, -0.15) is 5.10 Å². The van der Waals surface area contributed by atoms with Gasteiger partial charge in [0.1, 0.15) is 29.5 Å². The van der Waals surface area contributed by atoms with E-state index in [0.717, 1.165) is 0 Å². The van der Waals surface area contributed by atoms with Crippen LogP contribution in [0.2, 0.25) is 0 Å². The first-order valence-corrected chi connectivity index (χ1v) is 21.7. The lowest BCUT2D eigenvalue weighted by molar-refractivity contribution is -0.295. The van der Waals surface area contributed by atoms with Crippen LogP contribution in [-0.2, 0) is 44.6 Å². The van der Waals surface area contributed by atoms with Gasteiger partial charge in [-0.15, -0.1) is 10.2 Å². The molecule has 5 heterocycles. The highest BCUT2D eigenvalue weighted by Gasteiger charge is 2.60. The molecule has 0 bridgehead atoms. The summed E-state index contributed by atoms with van der Waals surface area (Å²) < 4.78 is 33.3. The first-order chi connectivity index (χ1) is 28.8. The van der Waals surface area contributed by atoms with E-state index in [0.29, 0.717) is 43.6 Å². The van der Waals surface area contributed by atoms with E-state index in [4.69, 9.17) is 23.7 Å². The zero-order valence-corrected chi connectivity index (χ0v) is 38.0. The summed E-state index contributed by atoms with van der Waals surface area (Å²) in [4.78, 5) is 61.6. The molecule has 0 aromatic carbocycles. The van der Waals surface area contributed by atoms with Crippen LogP contribution in [0.15, 0.2) is 24.5 Å². The topological polar surface area (TPSA) is 201 Å². The van der Waals surface area contributed by atoms with E-state index < -0.39 is 77.6 Å². The Labute approximate surface area is 396 Å². The number of cyclic esters (lactones) is 1. The Bertz CT molecular complexity index is 1820. The standard InChI is InChI=1S/C43H68N8O10.5CH4/c1-13-34-43(9)37(50(41(56)61-43)20-15-14-19-49-24-32(46-47-49)31-17-16-18-44-45-31)29(6)51(30(7)52)23-25(2)22-42(8,57-12)38(27(4)35(53)28(5)39(55)59-34)60-40-36(54)33(48(10)11)21-26(3)58-40;;;;;/h16-18,24-29,33-34,36-38,40,54H,13-15,19-23H2,1-12H3;5*1H4/t25-,26?,27-,28-,29-,33?,34-,36?,37-,38-,40+,42-,43-;;;;;/m1...../s1. The first-order valence-electron chi connectivity index (χ1n) is 21.7. The third-order valence-corrected chi connectivity index (χ3v) is 13.1. The average Bonchev–Trinajstić information content (AvgIpc) is 3.80. The second kappa shape index (κ2) is 25.9. The smallest absolute Gasteiger partial charge is 0.410 e. The number of amides is 2. The summed E-state index contributed by atoms with van der Waals surface area (Å²) in [6.07, 6.45) is 0.805. The maximum atomic E-state index is 14.5. The zero-order chi connectivity index (χ0) is 45.0. The molecule has 3 aliphatic heterocycles. The summed E-state index contributed by atoms with van der Waals surface area (Å²) in [5.74, 6) is -3.84. The number of aromatic nitrogens is 5. The largest absolute Gasteiger partial charge is 0.458 e. The first kappa shape index (κ1) is 61.9. The summed E-state index contributed by atoms with van der Waals surface area (Å²) in [5.41, 5.74) is -1.36. The minimum atomic E-state index is -1.40. The molecular formula is C48H88N8O10. The number of nitrogens with zero attached hydrogens (tertiary/aromatic N) is 8. The summed E-state index contributed by atoms with van der Waals surface area (Å²) in [7, 11) is 5.30. The minimum absolute atomic E-state index is 0. The molecule has 3 fully saturated rings. The molecule has 3 aliphatic rings. The second-order valence-corrected chi connectivity index (χ2v) is 18.0. The molecule has 18 heteroatoms. The van der Waals surface area contributed by atoms with Gasteiger partial charge in [-0.05, 0) is 98.9 Å². The number of methoxy groups -OCH3 is 1. The predicted octanol–water partition coefficient (Wildman–Crippen LogP) is 6.93. The van der Waals surface area contributed by atoms with Crippen molar-refractivity contribution in [2.24, 2.45) is 17.8 Å². The fourth-order valence-electron chi connectivity index (χ4n) is 9.73. The fraction of sp³-hybridized carbons (Fsp3) is 0.792. The average molecular weight is 937 g/mol. The Balaban J connectivity index is 0.00000845. The minimum Gasteiger partial charge on any atom is -0.458 e. The van der Waals surface area contributed by atoms with Gasteiger partial charge in [0.05, 0.1) is 36.1 Å². The van der Waals surface area contributed by atoms with Gasteiger partial charge in [-0.3, -0.25) is 24.0 Å². The molecule has 0 aliphatic carbocycles. The van der Waals surface area contributed by atoms with Crippen molar-refractivity contribution in [2.45, 2.75) is 198 Å². The number of aliphatic hydroxyl groups is 1. The maximum Gasteiger partial charge on any atom is 0.410 e. The van der Waals surface area contributed by atoms with E-state index in [1.54, 1.807) is 52.9 Å². The van der Waals surface area contributed by atoms with Crippen LogP contribution < -0.4 is 0 Å². The van der Waals surface area contributed by atoms with E-state index >= 15 is 0 Å². The van der Waals surface area contributed by atoms with E-state index in [1.807, 2.05) is 53.6 Å². The summed E-state index contributed by atoms with van der Waals surface area (Å²) in [5, 5.41) is 28.0. The van der Waals surface area contributed by atoms with E-state index in [-0.39, 0.29) is 80.6 Å². The molecule has 5 rings (SSSR count). The van der Waals surface area contributed by atoms with E-state index in [9.17, 15) is 24.3 Å². The van der Waals surface area contributed by atoms with Gasteiger partial charge in [-0.25, -0.2) is 4.79 Å². The third-order valence-electron chi connectivity index (χ3n) is 13.1. The molecule has 18 nitrogen and oxygen atoms in total. The number of carbonyl (C=O) groups excluding carboxylic acids is 4. The van der Waals surface area contributed by atoms with Crippen LogP contribution in [-0.4, -0.2) is 163 Å². The number of carbonyl (C=O) groups is 4. The normalized spacial score (nSPS) is 32.9. The van der Waals surface area contributed by atoms with Crippen molar-refractivity contribution in [3.05, 3.63) is 24.5 Å². The number of unbranched alkanes of at least 4 members (excludes halogenated alkanes) is 1. The number of fused-ring (bicyclic) bond motifs is 1. The Morgan fingerprint density at radius 1 is 0.985 bits per heavy atom. The van der Waals surface area contributed by atoms with Crippen molar-refractivity contribution in [3.8, 4) is 11.4 Å². The highest BCUT2D eigenvalue weighted by atomic mass is 16.7. The third kappa shape index (κ3) is 13.3. The predicted molar refractivity (Wildman–Crippen MR) is 256 cm³/mol. The quantitative estimate of drug-likeness (QED) is 0.138. The molecule has 2 aromatic rings. The van der Waals surface area contributed by atoms with Gasteiger partial charge in [0.15, 0.2) is 17.7 Å². The Kier molecular flexibility index (Phi) is 24.3. The van der Waals surface area contributed by atoms with E-state index in [1.165, 1.54) is 21.0 Å². The number of hydrogen-bond acceptors (Lipinski definition) is 15. The van der Waals surface area contributed by atoms with Crippen molar-refractivity contribution < 1.29 is 48.0 Å². The van der Waals surface area contributed by atoms with Crippen LogP contribution in [0.3, 0.4) is 0 Å². The number of ketones is 1. The number of esters is 1. The van der Waals surface area contributed by atoms with Gasteiger partial charge in [0.2, 0.25) is 5.91 Å². The molecule has 0 radical (unpaired) electrons. The number of aryl methyl sites for hydroxylation is 1. The molecule has 0 saturated carbocycles. The lowest BCUT2D eigenvalue weighted by Gasteiger charge is -2.47. The molecule has 2 amide bonds. The molecule has 2 aromatic heterocycles. The lowest BCUT2D eigenvalue weighted by atomic mass is 9.78. The van der Waals surface area contributed by atoms with Crippen molar-refractivity contribution in [2.75, 3.05) is 34.3 Å². The number of aliphatic hydroxyl groups excluding tert-OH is 1. The van der Waals surface area contributed by atoms with Crippen LogP contribution in [0.25, 0.3) is 11.4 Å². The molecule has 3 unspecified atom stereocenters.